The smallest absolute Gasteiger partial charge is 0.119 e. The van der Waals surface area contributed by atoms with Crippen LogP contribution in [0.1, 0.15) is 25.8 Å². The lowest BCUT2D eigenvalue weighted by Gasteiger charge is -2.05. The summed E-state index contributed by atoms with van der Waals surface area (Å²) in [6.07, 6.45) is 5.55. The second-order valence-electron chi connectivity index (χ2n) is 4.37. The van der Waals surface area contributed by atoms with Crippen molar-refractivity contribution in [2.75, 3.05) is 6.61 Å². The van der Waals surface area contributed by atoms with Crippen molar-refractivity contribution in [2.24, 2.45) is 5.92 Å². The van der Waals surface area contributed by atoms with Gasteiger partial charge in [-0.1, -0.05) is 44.2 Å². The molecule has 0 aliphatic carbocycles. The highest BCUT2D eigenvalue weighted by molar-refractivity contribution is 6.08. The van der Waals surface area contributed by atoms with Gasteiger partial charge in [0.05, 0.1) is 6.61 Å². The minimum Gasteiger partial charge on any atom is -0.494 e. The molecule has 0 bridgehead atoms. The summed E-state index contributed by atoms with van der Waals surface area (Å²) in [5.41, 5.74) is 1.24. The summed E-state index contributed by atoms with van der Waals surface area (Å²) in [4.78, 5) is 0. The molecule has 2 heteroatoms. The molecular weight excluding hydrogens is 212 g/mol. The highest BCUT2D eigenvalue weighted by Gasteiger charge is 1.93. The minimum absolute atomic E-state index is 0.602. The Bertz CT molecular complexity index is 314. The number of allylic oxidation sites excluding steroid dienone is 1. The molecule has 0 unspecified atom stereocenters. The van der Waals surface area contributed by atoms with Crippen molar-refractivity contribution in [3.05, 3.63) is 35.9 Å². The topological polar surface area (TPSA) is 9.23 Å². The molecule has 16 heavy (non-hydrogen) atoms. The lowest BCUT2D eigenvalue weighted by Crippen LogP contribution is -1.96. The van der Waals surface area contributed by atoms with Gasteiger partial charge in [-0.25, -0.2) is 0 Å². The molecule has 0 saturated heterocycles. The summed E-state index contributed by atoms with van der Waals surface area (Å²) in [6.45, 7) is 5.22. The predicted octanol–water partition coefficient (Wildman–Crippen LogP) is 2.91. The van der Waals surface area contributed by atoms with Gasteiger partial charge in [-0.15, -0.1) is 0 Å². The summed E-state index contributed by atoms with van der Waals surface area (Å²) in [5, 5.41) is 0. The van der Waals surface area contributed by atoms with E-state index < -0.39 is 0 Å². The molecule has 0 spiro atoms. The number of hydrogen-bond acceptors (Lipinski definition) is 1. The third-order valence-corrected chi connectivity index (χ3v) is 3.03. The Balaban J connectivity index is 2.47. The van der Waals surface area contributed by atoms with Gasteiger partial charge in [0.25, 0.3) is 0 Å². The van der Waals surface area contributed by atoms with Crippen LogP contribution in [0.15, 0.2) is 30.3 Å². The molecule has 0 aliphatic heterocycles. The van der Waals surface area contributed by atoms with Crippen molar-refractivity contribution in [1.82, 2.24) is 0 Å². The Morgan fingerprint density at radius 1 is 1.25 bits per heavy atom. The molecule has 0 aromatic heterocycles. The fourth-order valence-electron chi connectivity index (χ4n) is 1.31. The van der Waals surface area contributed by atoms with Gasteiger partial charge in [-0.3, -0.25) is 0 Å². The van der Waals surface area contributed by atoms with Crippen LogP contribution in [-0.4, -0.2) is 16.8 Å². The van der Waals surface area contributed by atoms with Gasteiger partial charge < -0.3 is 4.74 Å². The monoisotopic (exact) mass is 234 g/mol. The van der Waals surface area contributed by atoms with Crippen molar-refractivity contribution in [1.29, 1.82) is 0 Å². The largest absolute Gasteiger partial charge is 0.494 e. The molecule has 0 saturated carbocycles. The molecule has 0 heterocycles. The maximum absolute atomic E-state index is 5.63. The zero-order valence-electron chi connectivity index (χ0n) is 10.6. The van der Waals surface area contributed by atoms with Crippen LogP contribution in [0.2, 0.25) is 6.04 Å². The van der Waals surface area contributed by atoms with E-state index in [9.17, 15) is 0 Å². The highest BCUT2D eigenvalue weighted by atomic mass is 28.1. The quantitative estimate of drug-likeness (QED) is 0.543. The molecule has 0 N–H and O–H groups in total. The zero-order chi connectivity index (χ0) is 11.8. The van der Waals surface area contributed by atoms with E-state index in [2.05, 4.69) is 38.1 Å². The number of hydrogen-bond donors (Lipinski definition) is 0. The first-order valence-electron chi connectivity index (χ1n) is 6.13. The van der Waals surface area contributed by atoms with Gasteiger partial charge in [0, 0.05) is 10.2 Å². The third-order valence-electron chi connectivity index (χ3n) is 2.32. The van der Waals surface area contributed by atoms with Crippen molar-refractivity contribution >= 4 is 16.3 Å². The van der Waals surface area contributed by atoms with Crippen molar-refractivity contribution in [2.45, 2.75) is 26.3 Å². The second-order valence-corrected chi connectivity index (χ2v) is 5.37. The molecule has 1 aromatic rings. The van der Waals surface area contributed by atoms with Crippen LogP contribution in [0.5, 0.6) is 5.75 Å². The van der Waals surface area contributed by atoms with Crippen LogP contribution in [0.25, 0.3) is 6.08 Å². The first-order valence-corrected chi connectivity index (χ1v) is 7.55. The Labute approximate surface area is 102 Å². The number of rotatable bonds is 6. The lowest BCUT2D eigenvalue weighted by molar-refractivity contribution is 0.317. The minimum atomic E-state index is 0.602. The number of benzene rings is 1. The van der Waals surface area contributed by atoms with Gasteiger partial charge >= 0.3 is 0 Å². The van der Waals surface area contributed by atoms with E-state index >= 15 is 0 Å². The van der Waals surface area contributed by atoms with E-state index in [1.54, 1.807) is 0 Å². The first kappa shape index (κ1) is 13.0. The Morgan fingerprint density at radius 3 is 2.50 bits per heavy atom. The third kappa shape index (κ3) is 5.17. The van der Waals surface area contributed by atoms with E-state index in [0.717, 1.165) is 12.4 Å². The molecular formula is C14H22OSi. The van der Waals surface area contributed by atoms with Gasteiger partial charge in [0.1, 0.15) is 5.75 Å². The predicted molar refractivity (Wildman–Crippen MR) is 75.2 cm³/mol. The molecule has 88 valence electrons. The molecule has 1 nitrogen and oxygen atoms in total. The van der Waals surface area contributed by atoms with Gasteiger partial charge in [-0.05, 0) is 30.0 Å². The average Bonchev–Trinajstić information content (AvgIpc) is 2.28. The van der Waals surface area contributed by atoms with E-state index in [1.165, 1.54) is 28.3 Å². The summed E-state index contributed by atoms with van der Waals surface area (Å²) >= 11 is 0. The van der Waals surface area contributed by atoms with Crippen LogP contribution < -0.4 is 4.74 Å². The fourth-order valence-corrected chi connectivity index (χ4v) is 1.60. The van der Waals surface area contributed by atoms with E-state index in [-0.39, 0.29) is 0 Å². The second kappa shape index (κ2) is 7.28. The maximum atomic E-state index is 5.63. The standard InChI is InChI=1S/C14H22OSi/c1-12(2)4-5-13-6-8-14(9-7-13)15-10-3-11-16/h4-9,12H,3,10-11H2,1-2,16H3/b5-4+. The van der Waals surface area contributed by atoms with Crippen LogP contribution in [0.4, 0.5) is 0 Å². The lowest BCUT2D eigenvalue weighted by atomic mass is 10.1. The first-order chi connectivity index (χ1) is 7.72. The molecule has 0 radical (unpaired) electrons. The Morgan fingerprint density at radius 2 is 1.94 bits per heavy atom. The Kier molecular flexibility index (Phi) is 5.94. The van der Waals surface area contributed by atoms with Crippen molar-refractivity contribution in [3.63, 3.8) is 0 Å². The van der Waals surface area contributed by atoms with E-state index in [0.29, 0.717) is 5.92 Å². The average molecular weight is 234 g/mol. The highest BCUT2D eigenvalue weighted by Crippen LogP contribution is 2.14. The summed E-state index contributed by atoms with van der Waals surface area (Å²) in [7, 11) is 1.27. The molecule has 1 aromatic carbocycles. The van der Waals surface area contributed by atoms with E-state index in [4.69, 9.17) is 4.74 Å². The summed E-state index contributed by atoms with van der Waals surface area (Å²) in [6, 6.07) is 9.62. The normalized spacial score (nSPS) is 11.4. The van der Waals surface area contributed by atoms with Gasteiger partial charge in [0.2, 0.25) is 0 Å². The van der Waals surface area contributed by atoms with Crippen molar-refractivity contribution in [3.8, 4) is 5.75 Å². The molecule has 0 atom stereocenters. The zero-order valence-corrected chi connectivity index (χ0v) is 12.6. The van der Waals surface area contributed by atoms with Crippen LogP contribution in [-0.2, 0) is 0 Å². The van der Waals surface area contributed by atoms with Crippen LogP contribution >= 0.6 is 0 Å². The van der Waals surface area contributed by atoms with Crippen LogP contribution in [0, 0.1) is 5.92 Å². The Hall–Kier alpha value is -1.02. The number of ether oxygens (including phenoxy) is 1. The SMILES string of the molecule is CC(C)/C=C/c1ccc(OCCC[SiH3])cc1. The van der Waals surface area contributed by atoms with Crippen LogP contribution in [0.3, 0.4) is 0 Å². The van der Waals surface area contributed by atoms with Crippen molar-refractivity contribution < 1.29 is 4.74 Å². The molecule has 0 amide bonds. The van der Waals surface area contributed by atoms with Gasteiger partial charge in [0.15, 0.2) is 0 Å². The summed E-state index contributed by atoms with van der Waals surface area (Å²) in [5.74, 6) is 1.58. The van der Waals surface area contributed by atoms with Gasteiger partial charge in [-0.2, -0.15) is 0 Å². The molecule has 1 rings (SSSR count). The molecule has 0 aliphatic rings. The maximum Gasteiger partial charge on any atom is 0.119 e. The summed E-state index contributed by atoms with van der Waals surface area (Å²) < 4.78 is 5.63. The fraction of sp³-hybridized carbons (Fsp3) is 0.429. The van der Waals surface area contributed by atoms with E-state index in [1.807, 2.05) is 12.1 Å². The molecule has 0 fully saturated rings.